The van der Waals surface area contributed by atoms with Crippen LogP contribution in [0, 0.1) is 11.3 Å². The zero-order valence-electron chi connectivity index (χ0n) is 19.3. The summed E-state index contributed by atoms with van der Waals surface area (Å²) in [7, 11) is 0. The van der Waals surface area contributed by atoms with Crippen molar-refractivity contribution in [3.05, 3.63) is 73.3 Å². The minimum atomic E-state index is -0.0133. The van der Waals surface area contributed by atoms with Gasteiger partial charge in [0.05, 0.1) is 29.5 Å². The Bertz CT molecular complexity index is 1460. The van der Waals surface area contributed by atoms with Crippen LogP contribution in [0.4, 0.5) is 5.69 Å². The van der Waals surface area contributed by atoms with Crippen molar-refractivity contribution in [2.24, 2.45) is 0 Å². The van der Waals surface area contributed by atoms with E-state index in [-0.39, 0.29) is 5.91 Å². The fraction of sp³-hybridized carbons (Fsp3) is 0.259. The maximum Gasteiger partial charge on any atom is 0.246 e. The zero-order chi connectivity index (χ0) is 23.9. The van der Waals surface area contributed by atoms with Crippen molar-refractivity contribution >= 4 is 17.1 Å². The number of fused-ring (bicyclic) bond motifs is 1. The third kappa shape index (κ3) is 3.85. The van der Waals surface area contributed by atoms with Gasteiger partial charge in [-0.15, -0.1) is 0 Å². The molecule has 4 heterocycles. The first kappa shape index (κ1) is 21.2. The molecule has 0 radical (unpaired) electrons. The highest BCUT2D eigenvalue weighted by atomic mass is 16.2. The van der Waals surface area contributed by atoms with Crippen molar-refractivity contribution < 1.29 is 4.79 Å². The SMILES string of the molecule is C=CC(=O)N1CCN(c2ccc(-c3cc(-c4cnn(C5CC5)c4)cn4ncc(C#N)c34)cc2)CC1. The van der Waals surface area contributed by atoms with Crippen LogP contribution < -0.4 is 4.90 Å². The number of pyridine rings is 1. The van der Waals surface area contributed by atoms with E-state index in [4.69, 9.17) is 0 Å². The topological polar surface area (TPSA) is 82.5 Å². The van der Waals surface area contributed by atoms with E-state index in [1.54, 1.807) is 10.7 Å². The molecule has 1 aliphatic heterocycles. The molecule has 6 rings (SSSR count). The van der Waals surface area contributed by atoms with Gasteiger partial charge in [-0.05, 0) is 42.7 Å². The maximum absolute atomic E-state index is 11.9. The Kier molecular flexibility index (Phi) is 5.10. The molecule has 8 nitrogen and oxygen atoms in total. The number of carbonyl (C=O) groups is 1. The first-order chi connectivity index (χ1) is 17.1. The lowest BCUT2D eigenvalue weighted by atomic mass is 9.99. The minimum absolute atomic E-state index is 0.0133. The van der Waals surface area contributed by atoms with Crippen LogP contribution >= 0.6 is 0 Å². The third-order valence-electron chi connectivity index (χ3n) is 6.90. The van der Waals surface area contributed by atoms with E-state index in [2.05, 4.69) is 64.3 Å². The molecule has 4 aromatic rings. The van der Waals surface area contributed by atoms with Crippen molar-refractivity contribution in [3.63, 3.8) is 0 Å². The first-order valence-corrected chi connectivity index (χ1v) is 11.9. The molecule has 2 fully saturated rings. The summed E-state index contributed by atoms with van der Waals surface area (Å²) in [5, 5.41) is 18.7. The van der Waals surface area contributed by atoms with Gasteiger partial charge in [0.15, 0.2) is 0 Å². The molecule has 35 heavy (non-hydrogen) atoms. The Morgan fingerprint density at radius 2 is 1.77 bits per heavy atom. The van der Waals surface area contributed by atoms with E-state index in [0.717, 1.165) is 46.5 Å². The Balaban J connectivity index is 1.33. The summed E-state index contributed by atoms with van der Waals surface area (Å²) in [5.41, 5.74) is 6.50. The second-order valence-electron chi connectivity index (χ2n) is 9.11. The molecule has 0 atom stereocenters. The van der Waals surface area contributed by atoms with Crippen molar-refractivity contribution in [2.45, 2.75) is 18.9 Å². The summed E-state index contributed by atoms with van der Waals surface area (Å²) in [6.45, 7) is 6.52. The van der Waals surface area contributed by atoms with Gasteiger partial charge in [-0.3, -0.25) is 9.48 Å². The van der Waals surface area contributed by atoms with Crippen LogP contribution in [0.2, 0.25) is 0 Å². The smallest absolute Gasteiger partial charge is 0.246 e. The van der Waals surface area contributed by atoms with Crippen molar-refractivity contribution in [3.8, 4) is 28.3 Å². The zero-order valence-corrected chi connectivity index (χ0v) is 19.3. The van der Waals surface area contributed by atoms with Gasteiger partial charge in [0.2, 0.25) is 5.91 Å². The van der Waals surface area contributed by atoms with Gasteiger partial charge in [0, 0.05) is 61.0 Å². The molecule has 3 aromatic heterocycles. The summed E-state index contributed by atoms with van der Waals surface area (Å²) in [6, 6.07) is 13.3. The average Bonchev–Trinajstić information content (AvgIpc) is 3.49. The lowest BCUT2D eigenvalue weighted by Gasteiger charge is -2.35. The Labute approximate surface area is 203 Å². The van der Waals surface area contributed by atoms with E-state index in [0.29, 0.717) is 24.7 Å². The molecular formula is C27H25N7O. The van der Waals surface area contributed by atoms with E-state index >= 15 is 0 Å². The van der Waals surface area contributed by atoms with Crippen LogP contribution in [0.15, 0.2) is 67.8 Å². The molecule has 0 unspecified atom stereocenters. The van der Waals surface area contributed by atoms with E-state index < -0.39 is 0 Å². The Morgan fingerprint density at radius 1 is 1.00 bits per heavy atom. The van der Waals surface area contributed by atoms with Crippen LogP contribution in [0.5, 0.6) is 0 Å². The Hall–Kier alpha value is -4.38. The van der Waals surface area contributed by atoms with Crippen LogP contribution in [0.25, 0.3) is 27.8 Å². The molecule has 0 bridgehead atoms. The molecule has 2 aliphatic rings. The molecule has 0 N–H and O–H groups in total. The summed E-state index contributed by atoms with van der Waals surface area (Å²) in [6.07, 6.45) is 11.3. The molecule has 1 saturated heterocycles. The Morgan fingerprint density at radius 3 is 2.46 bits per heavy atom. The number of nitrogens with zero attached hydrogens (tertiary/aromatic N) is 7. The quantitative estimate of drug-likeness (QED) is 0.419. The second-order valence-corrected chi connectivity index (χ2v) is 9.11. The van der Waals surface area contributed by atoms with Gasteiger partial charge >= 0.3 is 0 Å². The fourth-order valence-corrected chi connectivity index (χ4v) is 4.77. The molecular weight excluding hydrogens is 438 g/mol. The third-order valence-corrected chi connectivity index (χ3v) is 6.90. The number of piperazine rings is 1. The molecule has 1 amide bonds. The highest BCUT2D eigenvalue weighted by Gasteiger charge is 2.25. The van der Waals surface area contributed by atoms with Crippen molar-refractivity contribution in [1.82, 2.24) is 24.3 Å². The normalized spacial score (nSPS) is 15.9. The predicted molar refractivity (Wildman–Crippen MR) is 134 cm³/mol. The standard InChI is InChI=1S/C27H25N7O/c1-2-26(35)32-11-9-31(10-12-32)23-5-3-19(4-6-23)25-13-20(17-34-27(25)21(14-28)15-30-34)22-16-29-33(18-22)24-7-8-24/h2-6,13,15-18,24H,1,7-12H2. The number of hydrogen-bond acceptors (Lipinski definition) is 5. The number of carbonyl (C=O) groups excluding carboxylic acids is 1. The minimum Gasteiger partial charge on any atom is -0.368 e. The molecule has 174 valence electrons. The number of hydrogen-bond donors (Lipinski definition) is 0. The van der Waals surface area contributed by atoms with Gasteiger partial charge in [-0.2, -0.15) is 15.5 Å². The highest BCUT2D eigenvalue weighted by molar-refractivity contribution is 5.88. The second kappa shape index (κ2) is 8.44. The van der Waals surface area contributed by atoms with Crippen LogP contribution in [0.3, 0.4) is 0 Å². The highest BCUT2D eigenvalue weighted by Crippen LogP contribution is 2.37. The molecule has 0 spiro atoms. The van der Waals surface area contributed by atoms with E-state index in [1.807, 2.05) is 22.0 Å². The lowest BCUT2D eigenvalue weighted by molar-refractivity contribution is -0.126. The van der Waals surface area contributed by atoms with Gasteiger partial charge in [0.25, 0.3) is 0 Å². The maximum atomic E-state index is 11.9. The molecule has 1 saturated carbocycles. The molecule has 1 aliphatic carbocycles. The van der Waals surface area contributed by atoms with Gasteiger partial charge in [-0.1, -0.05) is 18.7 Å². The predicted octanol–water partition coefficient (Wildman–Crippen LogP) is 3.91. The van der Waals surface area contributed by atoms with Crippen molar-refractivity contribution in [1.29, 1.82) is 5.26 Å². The van der Waals surface area contributed by atoms with Gasteiger partial charge in [0.1, 0.15) is 6.07 Å². The van der Waals surface area contributed by atoms with E-state index in [9.17, 15) is 10.1 Å². The number of anilines is 1. The van der Waals surface area contributed by atoms with Gasteiger partial charge in [-0.25, -0.2) is 4.52 Å². The van der Waals surface area contributed by atoms with Crippen LogP contribution in [-0.4, -0.2) is 56.4 Å². The summed E-state index contributed by atoms with van der Waals surface area (Å²) >= 11 is 0. The first-order valence-electron chi connectivity index (χ1n) is 11.9. The largest absolute Gasteiger partial charge is 0.368 e. The lowest BCUT2D eigenvalue weighted by Crippen LogP contribution is -2.48. The summed E-state index contributed by atoms with van der Waals surface area (Å²) < 4.78 is 3.83. The number of benzene rings is 1. The summed E-state index contributed by atoms with van der Waals surface area (Å²) in [4.78, 5) is 16.0. The van der Waals surface area contributed by atoms with E-state index in [1.165, 1.54) is 18.9 Å². The summed E-state index contributed by atoms with van der Waals surface area (Å²) in [5.74, 6) is -0.0133. The van der Waals surface area contributed by atoms with Crippen LogP contribution in [-0.2, 0) is 4.79 Å². The average molecular weight is 464 g/mol. The number of nitriles is 1. The monoisotopic (exact) mass is 463 g/mol. The fourth-order valence-electron chi connectivity index (χ4n) is 4.77. The van der Waals surface area contributed by atoms with Crippen LogP contribution in [0.1, 0.15) is 24.4 Å². The number of amides is 1. The van der Waals surface area contributed by atoms with Gasteiger partial charge < -0.3 is 9.80 Å². The van der Waals surface area contributed by atoms with Crippen molar-refractivity contribution in [2.75, 3.05) is 31.1 Å². The number of aromatic nitrogens is 4. The number of rotatable bonds is 5. The molecule has 1 aromatic carbocycles. The molecule has 8 heteroatoms.